The molecular weight excluding hydrogens is 288 g/mol. The average Bonchev–Trinajstić information content (AvgIpc) is 2.91. The van der Waals surface area contributed by atoms with Gasteiger partial charge in [0.15, 0.2) is 0 Å². The number of hydrogen-bond donors (Lipinski definition) is 0. The van der Waals surface area contributed by atoms with Crippen molar-refractivity contribution in [2.75, 3.05) is 19.7 Å². The van der Waals surface area contributed by atoms with E-state index in [4.69, 9.17) is 4.74 Å². The molecule has 21 heavy (non-hydrogen) atoms. The lowest BCUT2D eigenvalue weighted by Crippen LogP contribution is -2.42. The summed E-state index contributed by atoms with van der Waals surface area (Å²) in [6.07, 6.45) is 4.87. The van der Waals surface area contributed by atoms with E-state index in [-0.39, 0.29) is 17.8 Å². The first kappa shape index (κ1) is 15.7. The van der Waals surface area contributed by atoms with Crippen LogP contribution in [0.5, 0.6) is 0 Å². The molecule has 0 saturated carbocycles. The van der Waals surface area contributed by atoms with Crippen molar-refractivity contribution in [1.29, 1.82) is 0 Å². The zero-order valence-electron chi connectivity index (χ0n) is 12.4. The molecule has 0 bridgehead atoms. The third-order valence-electron chi connectivity index (χ3n) is 3.39. The quantitative estimate of drug-likeness (QED) is 0.632. The SMILES string of the molecule is CCOC(=O)C1CCCN(C(=O)/C=C/c2csc(C)n2)C1. The molecule has 0 aliphatic carbocycles. The molecule has 1 saturated heterocycles. The van der Waals surface area contributed by atoms with E-state index < -0.39 is 0 Å². The number of hydrogen-bond acceptors (Lipinski definition) is 5. The summed E-state index contributed by atoms with van der Waals surface area (Å²) in [5.74, 6) is -0.471. The summed E-state index contributed by atoms with van der Waals surface area (Å²) in [7, 11) is 0. The molecule has 1 atom stereocenters. The summed E-state index contributed by atoms with van der Waals surface area (Å²) in [6.45, 7) is 5.24. The van der Waals surface area contributed by atoms with Crippen molar-refractivity contribution >= 4 is 29.3 Å². The van der Waals surface area contributed by atoms with E-state index in [9.17, 15) is 9.59 Å². The van der Waals surface area contributed by atoms with Gasteiger partial charge in [0.25, 0.3) is 0 Å². The third-order valence-corrected chi connectivity index (χ3v) is 4.18. The van der Waals surface area contributed by atoms with Crippen LogP contribution in [0.4, 0.5) is 0 Å². The number of rotatable bonds is 4. The lowest BCUT2D eigenvalue weighted by atomic mass is 9.98. The average molecular weight is 308 g/mol. The Balaban J connectivity index is 1.92. The smallest absolute Gasteiger partial charge is 0.310 e. The molecular formula is C15H20N2O3S. The van der Waals surface area contributed by atoms with Gasteiger partial charge in [-0.25, -0.2) is 4.98 Å². The van der Waals surface area contributed by atoms with Gasteiger partial charge in [0, 0.05) is 24.5 Å². The number of esters is 1. The molecule has 0 N–H and O–H groups in total. The predicted molar refractivity (Wildman–Crippen MR) is 81.8 cm³/mol. The van der Waals surface area contributed by atoms with Gasteiger partial charge in [-0.2, -0.15) is 0 Å². The lowest BCUT2D eigenvalue weighted by Gasteiger charge is -2.30. The number of aryl methyl sites for hydroxylation is 1. The number of likely N-dealkylation sites (tertiary alicyclic amines) is 1. The first-order valence-electron chi connectivity index (χ1n) is 7.16. The zero-order chi connectivity index (χ0) is 15.2. The fourth-order valence-electron chi connectivity index (χ4n) is 2.35. The number of aromatic nitrogens is 1. The summed E-state index contributed by atoms with van der Waals surface area (Å²) in [5, 5.41) is 2.89. The predicted octanol–water partition coefficient (Wildman–Crippen LogP) is 2.27. The first-order chi connectivity index (χ1) is 10.1. The highest BCUT2D eigenvalue weighted by Gasteiger charge is 2.28. The Bertz CT molecular complexity index is 539. The Morgan fingerprint density at radius 1 is 1.57 bits per heavy atom. The van der Waals surface area contributed by atoms with Crippen LogP contribution in [0.25, 0.3) is 6.08 Å². The Kier molecular flexibility index (Phi) is 5.50. The number of carbonyl (C=O) groups excluding carboxylic acids is 2. The van der Waals surface area contributed by atoms with Crippen LogP contribution in [-0.2, 0) is 14.3 Å². The monoisotopic (exact) mass is 308 g/mol. The Morgan fingerprint density at radius 2 is 2.38 bits per heavy atom. The van der Waals surface area contributed by atoms with Crippen LogP contribution in [0.1, 0.15) is 30.5 Å². The largest absolute Gasteiger partial charge is 0.466 e. The van der Waals surface area contributed by atoms with Gasteiger partial charge < -0.3 is 9.64 Å². The second kappa shape index (κ2) is 7.36. The van der Waals surface area contributed by atoms with Crippen molar-refractivity contribution in [3.63, 3.8) is 0 Å². The van der Waals surface area contributed by atoms with E-state index >= 15 is 0 Å². The number of thiazole rings is 1. The van der Waals surface area contributed by atoms with Crippen LogP contribution in [0, 0.1) is 12.8 Å². The van der Waals surface area contributed by atoms with Crippen molar-refractivity contribution in [2.24, 2.45) is 5.92 Å². The Hall–Kier alpha value is -1.69. The van der Waals surface area contributed by atoms with Gasteiger partial charge in [-0.3, -0.25) is 9.59 Å². The lowest BCUT2D eigenvalue weighted by molar-refractivity contribution is -0.150. The van der Waals surface area contributed by atoms with Crippen LogP contribution in [-0.4, -0.2) is 41.5 Å². The molecule has 1 aromatic rings. The zero-order valence-corrected chi connectivity index (χ0v) is 13.2. The van der Waals surface area contributed by atoms with E-state index in [1.54, 1.807) is 29.2 Å². The normalized spacial score (nSPS) is 19.0. The maximum absolute atomic E-state index is 12.2. The minimum atomic E-state index is -0.200. The maximum Gasteiger partial charge on any atom is 0.310 e. The molecule has 1 amide bonds. The molecule has 1 aromatic heterocycles. The van der Waals surface area contributed by atoms with Gasteiger partial charge >= 0.3 is 5.97 Å². The fourth-order valence-corrected chi connectivity index (χ4v) is 2.93. The minimum absolute atomic E-state index is 0.0744. The molecule has 0 spiro atoms. The number of piperidine rings is 1. The van der Waals surface area contributed by atoms with E-state index in [0.717, 1.165) is 23.5 Å². The number of nitrogens with zero attached hydrogens (tertiary/aromatic N) is 2. The molecule has 1 aliphatic heterocycles. The molecule has 1 aliphatic rings. The van der Waals surface area contributed by atoms with Gasteiger partial charge in [0.05, 0.1) is 23.2 Å². The summed E-state index contributed by atoms with van der Waals surface area (Å²) >= 11 is 1.55. The molecule has 2 heterocycles. The number of ether oxygens (including phenoxy) is 1. The van der Waals surface area contributed by atoms with Crippen LogP contribution in [0.2, 0.25) is 0 Å². The molecule has 2 rings (SSSR count). The van der Waals surface area contributed by atoms with E-state index in [0.29, 0.717) is 19.7 Å². The number of carbonyl (C=O) groups is 2. The molecule has 0 radical (unpaired) electrons. The van der Waals surface area contributed by atoms with E-state index in [1.165, 1.54) is 6.08 Å². The number of amides is 1. The van der Waals surface area contributed by atoms with Gasteiger partial charge in [0.2, 0.25) is 5.91 Å². The van der Waals surface area contributed by atoms with E-state index in [1.807, 2.05) is 12.3 Å². The summed E-state index contributed by atoms with van der Waals surface area (Å²) < 4.78 is 5.04. The molecule has 1 fully saturated rings. The standard InChI is InChI=1S/C15H20N2O3S/c1-3-20-15(19)12-5-4-8-17(9-12)14(18)7-6-13-10-21-11(2)16-13/h6-7,10,12H,3-5,8-9H2,1-2H3/b7-6+. The van der Waals surface area contributed by atoms with Gasteiger partial charge in [-0.1, -0.05) is 0 Å². The van der Waals surface area contributed by atoms with Crippen molar-refractivity contribution in [2.45, 2.75) is 26.7 Å². The molecule has 0 aromatic carbocycles. The minimum Gasteiger partial charge on any atom is -0.466 e. The van der Waals surface area contributed by atoms with Crippen molar-refractivity contribution in [3.05, 3.63) is 22.2 Å². The van der Waals surface area contributed by atoms with Crippen molar-refractivity contribution in [3.8, 4) is 0 Å². The molecule has 1 unspecified atom stereocenters. The summed E-state index contributed by atoms with van der Waals surface area (Å²) in [6, 6.07) is 0. The van der Waals surface area contributed by atoms with Crippen LogP contribution >= 0.6 is 11.3 Å². The Morgan fingerprint density at radius 3 is 3.05 bits per heavy atom. The molecule has 114 valence electrons. The fraction of sp³-hybridized carbons (Fsp3) is 0.533. The highest BCUT2D eigenvalue weighted by Crippen LogP contribution is 2.18. The van der Waals surface area contributed by atoms with Crippen LogP contribution in [0.3, 0.4) is 0 Å². The maximum atomic E-state index is 12.2. The van der Waals surface area contributed by atoms with Crippen molar-refractivity contribution in [1.82, 2.24) is 9.88 Å². The van der Waals surface area contributed by atoms with Gasteiger partial charge in [0.1, 0.15) is 0 Å². The topological polar surface area (TPSA) is 59.5 Å². The van der Waals surface area contributed by atoms with E-state index in [2.05, 4.69) is 4.98 Å². The molecule has 6 heteroatoms. The van der Waals surface area contributed by atoms with Crippen LogP contribution < -0.4 is 0 Å². The highest BCUT2D eigenvalue weighted by molar-refractivity contribution is 7.09. The second-order valence-electron chi connectivity index (χ2n) is 5.00. The summed E-state index contributed by atoms with van der Waals surface area (Å²) in [4.78, 5) is 29.9. The van der Waals surface area contributed by atoms with Gasteiger partial charge in [-0.05, 0) is 32.8 Å². The molecule has 5 nitrogen and oxygen atoms in total. The van der Waals surface area contributed by atoms with Crippen molar-refractivity contribution < 1.29 is 14.3 Å². The first-order valence-corrected chi connectivity index (χ1v) is 8.04. The van der Waals surface area contributed by atoms with Gasteiger partial charge in [-0.15, -0.1) is 11.3 Å². The Labute approximate surface area is 128 Å². The highest BCUT2D eigenvalue weighted by atomic mass is 32.1. The third kappa shape index (κ3) is 4.39. The van der Waals surface area contributed by atoms with Crippen LogP contribution in [0.15, 0.2) is 11.5 Å². The summed E-state index contributed by atoms with van der Waals surface area (Å²) in [5.41, 5.74) is 0.796. The second-order valence-corrected chi connectivity index (χ2v) is 6.06.